The average Bonchev–Trinajstić information content (AvgIpc) is 3.72. The number of benzene rings is 9. The molecule has 0 amide bonds. The molecule has 4 aliphatic heterocycles. The Hall–Kier alpha value is -7.69. The van der Waals surface area contributed by atoms with Crippen molar-refractivity contribution in [1.29, 1.82) is 0 Å². The predicted octanol–water partition coefficient (Wildman–Crippen LogP) is 10.6. The second kappa shape index (κ2) is 12.7. The van der Waals surface area contributed by atoms with Crippen LogP contribution < -0.4 is 47.5 Å². The topological polar surface area (TPSA) is 22.9 Å². The van der Waals surface area contributed by atoms with Gasteiger partial charge in [-0.2, -0.15) is 0 Å². The summed E-state index contributed by atoms with van der Waals surface area (Å²) in [6.45, 7) is 4.87. The summed E-state index contributed by atoms with van der Waals surface area (Å²) in [5.74, 6) is 0. The van der Waals surface area contributed by atoms with Gasteiger partial charge in [0.25, 0.3) is 6.71 Å². The number of hydrogen-bond donors (Lipinski definition) is 0. The van der Waals surface area contributed by atoms with Crippen molar-refractivity contribution in [2.24, 2.45) is 0 Å². The van der Waals surface area contributed by atoms with E-state index in [0.29, 0.717) is 0 Å². The molecule has 9 aromatic carbocycles. The Kier molecular flexibility index (Phi) is 7.04. The summed E-state index contributed by atoms with van der Waals surface area (Å²) in [5.41, 5.74) is 23.0. The van der Waals surface area contributed by atoms with Crippen molar-refractivity contribution in [3.63, 3.8) is 0 Å². The Morgan fingerprint density at radius 2 is 0.937 bits per heavy atom. The summed E-state index contributed by atoms with van der Waals surface area (Å²) in [6, 6.07) is 74.0. The van der Waals surface area contributed by atoms with Crippen LogP contribution >= 0.6 is 0 Å². The Bertz CT molecular complexity index is 3530. The van der Waals surface area contributed by atoms with Gasteiger partial charge in [-0.15, -0.1) is 0 Å². The minimum absolute atomic E-state index is 0.0479. The first-order chi connectivity index (χ1) is 31.1. The van der Waals surface area contributed by atoms with Crippen LogP contribution in [0, 0.1) is 0 Å². The van der Waals surface area contributed by atoms with E-state index in [1.165, 1.54) is 83.7 Å². The van der Waals surface area contributed by atoms with Crippen LogP contribution in [-0.4, -0.2) is 13.4 Å². The van der Waals surface area contributed by atoms with Gasteiger partial charge in [-0.05, 0) is 117 Å². The quantitative estimate of drug-likeness (QED) is 0.166. The zero-order valence-electron chi connectivity index (χ0n) is 35.0. The van der Waals surface area contributed by atoms with Crippen LogP contribution in [-0.2, 0) is 5.41 Å². The van der Waals surface area contributed by atoms with Crippen molar-refractivity contribution in [1.82, 2.24) is 0 Å². The van der Waals surface area contributed by atoms with Crippen LogP contribution in [0.1, 0.15) is 25.0 Å². The van der Waals surface area contributed by atoms with Crippen LogP contribution in [0.5, 0.6) is 0 Å². The Labute approximate surface area is 367 Å². The standard InChI is InChI=1S/C57H39B2N3O/c1-57(2)40-25-16-28-47-54(40)58(42-26-13-14-27-46(42)60(47)36-18-6-3-7-19-36)44-35-45-50(34-41(44)57)61(37-20-8-4-9-21-37)48-29-17-30-49-55(48)59(45)43-32-33-52-53(39-24-12-15-31-51(39)63-52)56(43)62(49)38-22-10-5-11-23-38/h3-35H,1-2H3. The van der Waals surface area contributed by atoms with Crippen molar-refractivity contribution < 1.29 is 4.42 Å². The summed E-state index contributed by atoms with van der Waals surface area (Å²) in [5, 5.41) is 2.28. The molecule has 0 saturated carbocycles. The van der Waals surface area contributed by atoms with Gasteiger partial charge in [0.05, 0.1) is 11.1 Å². The summed E-state index contributed by atoms with van der Waals surface area (Å²) < 4.78 is 6.65. The fourth-order valence-corrected chi connectivity index (χ4v) is 11.9. The number of fused-ring (bicyclic) bond motifs is 12. The second-order valence-corrected chi connectivity index (χ2v) is 18.0. The lowest BCUT2D eigenvalue weighted by Gasteiger charge is -2.48. The molecule has 294 valence electrons. The van der Waals surface area contributed by atoms with Gasteiger partial charge in [-0.1, -0.05) is 141 Å². The summed E-state index contributed by atoms with van der Waals surface area (Å²) in [7, 11) is 0. The highest BCUT2D eigenvalue weighted by atomic mass is 16.3. The molecule has 4 aliphatic rings. The second-order valence-electron chi connectivity index (χ2n) is 18.0. The molecule has 0 radical (unpaired) electrons. The van der Waals surface area contributed by atoms with E-state index < -0.39 is 0 Å². The lowest BCUT2D eigenvalue weighted by atomic mass is 9.28. The van der Waals surface area contributed by atoms with Gasteiger partial charge >= 0.3 is 0 Å². The molecule has 0 unspecified atom stereocenters. The third kappa shape index (κ3) is 4.62. The van der Waals surface area contributed by atoms with E-state index in [1.807, 2.05) is 0 Å². The van der Waals surface area contributed by atoms with E-state index in [4.69, 9.17) is 4.42 Å². The Morgan fingerprint density at radius 3 is 1.67 bits per heavy atom. The van der Waals surface area contributed by atoms with Crippen molar-refractivity contribution in [3.8, 4) is 0 Å². The number of nitrogens with zero attached hydrogens (tertiary/aromatic N) is 3. The number of rotatable bonds is 3. The Morgan fingerprint density at radius 1 is 0.381 bits per heavy atom. The van der Waals surface area contributed by atoms with Gasteiger partial charge in [0.2, 0.25) is 6.71 Å². The smallest absolute Gasteiger partial charge is 0.252 e. The third-order valence-electron chi connectivity index (χ3n) is 14.5. The molecule has 0 N–H and O–H groups in total. The first kappa shape index (κ1) is 35.0. The van der Waals surface area contributed by atoms with Gasteiger partial charge in [-0.25, -0.2) is 0 Å². The van der Waals surface area contributed by atoms with Gasteiger partial charge in [0.1, 0.15) is 11.2 Å². The molecule has 0 atom stereocenters. The number of furan rings is 1. The van der Waals surface area contributed by atoms with Gasteiger partial charge in [0.15, 0.2) is 0 Å². The number of para-hydroxylation sites is 5. The minimum Gasteiger partial charge on any atom is -0.456 e. The molecule has 6 heteroatoms. The lowest BCUT2D eigenvalue weighted by molar-refractivity contribution is 0.646. The molecule has 0 fully saturated rings. The molecular weight excluding hydrogens is 764 g/mol. The maximum absolute atomic E-state index is 6.65. The van der Waals surface area contributed by atoms with Crippen molar-refractivity contribution in [2.45, 2.75) is 19.3 Å². The maximum Gasteiger partial charge on any atom is 0.252 e. The third-order valence-corrected chi connectivity index (χ3v) is 14.5. The van der Waals surface area contributed by atoms with Crippen LogP contribution in [0.3, 0.4) is 0 Å². The summed E-state index contributed by atoms with van der Waals surface area (Å²) in [6.07, 6.45) is 0. The molecule has 14 rings (SSSR count). The van der Waals surface area contributed by atoms with Crippen molar-refractivity contribution in [3.05, 3.63) is 211 Å². The highest BCUT2D eigenvalue weighted by molar-refractivity contribution is 7.02. The predicted molar refractivity (Wildman–Crippen MR) is 266 cm³/mol. The SMILES string of the molecule is CC1(C)c2cc3c(cc2B2c4ccccc4N(c4ccccc4)c4cccc1c42)B1c2ccc4oc5ccccc5c4c2N(c2ccccc2)c2cccc(c21)N3c1ccccc1. The van der Waals surface area contributed by atoms with Gasteiger partial charge < -0.3 is 19.1 Å². The normalized spacial score (nSPS) is 14.8. The monoisotopic (exact) mass is 803 g/mol. The molecule has 63 heavy (non-hydrogen) atoms. The van der Waals surface area contributed by atoms with Crippen LogP contribution in [0.2, 0.25) is 0 Å². The highest BCUT2D eigenvalue weighted by Crippen LogP contribution is 2.49. The van der Waals surface area contributed by atoms with Crippen LogP contribution in [0.15, 0.2) is 205 Å². The zero-order chi connectivity index (χ0) is 41.6. The van der Waals surface area contributed by atoms with E-state index in [0.717, 1.165) is 33.3 Å². The van der Waals surface area contributed by atoms with Crippen LogP contribution in [0.4, 0.5) is 51.2 Å². The van der Waals surface area contributed by atoms with Crippen molar-refractivity contribution >= 4 is 119 Å². The van der Waals surface area contributed by atoms with E-state index in [1.54, 1.807) is 0 Å². The first-order valence-corrected chi connectivity index (χ1v) is 22.1. The van der Waals surface area contributed by atoms with Crippen molar-refractivity contribution in [2.75, 3.05) is 14.7 Å². The van der Waals surface area contributed by atoms with E-state index >= 15 is 0 Å². The molecule has 0 saturated heterocycles. The highest BCUT2D eigenvalue weighted by Gasteiger charge is 2.50. The summed E-state index contributed by atoms with van der Waals surface area (Å²) >= 11 is 0. The van der Waals surface area contributed by atoms with Gasteiger partial charge in [0, 0.05) is 56.3 Å². The van der Waals surface area contributed by atoms with Crippen LogP contribution in [0.25, 0.3) is 21.9 Å². The zero-order valence-corrected chi connectivity index (χ0v) is 35.0. The molecule has 5 heterocycles. The molecule has 0 bridgehead atoms. The van der Waals surface area contributed by atoms with E-state index in [9.17, 15) is 0 Å². The number of anilines is 9. The molecule has 0 aliphatic carbocycles. The van der Waals surface area contributed by atoms with E-state index in [2.05, 4.69) is 229 Å². The molecule has 10 aromatic rings. The minimum atomic E-state index is -0.290. The first-order valence-electron chi connectivity index (χ1n) is 22.1. The fourth-order valence-electron chi connectivity index (χ4n) is 11.9. The number of hydrogen-bond acceptors (Lipinski definition) is 4. The molecule has 4 nitrogen and oxygen atoms in total. The lowest BCUT2D eigenvalue weighted by Crippen LogP contribution is -2.67. The molecular formula is C57H39B2N3O. The largest absolute Gasteiger partial charge is 0.456 e. The Balaban J connectivity index is 1.11. The summed E-state index contributed by atoms with van der Waals surface area (Å²) in [4.78, 5) is 7.53. The molecule has 0 spiro atoms. The fraction of sp³-hybridized carbons (Fsp3) is 0.0526. The maximum atomic E-state index is 6.65. The van der Waals surface area contributed by atoms with Gasteiger partial charge in [-0.3, -0.25) is 0 Å². The molecule has 1 aromatic heterocycles. The van der Waals surface area contributed by atoms with E-state index in [-0.39, 0.29) is 18.8 Å². The average molecular weight is 804 g/mol.